The molecule has 218 valence electrons. The molecule has 8 nitrogen and oxygen atoms in total. The standard InChI is InChI=1S/C28H28Cl2F3N5O3/c1-15-10-16(2-5-20(15)30)19-11-17(29)3-4-18(19)24(28(31,32)33)41-23-12-22(36-26(34)37-23)38-8-6-27(7-9-38)13-21(25(39)40)35-14-27/h2-5,10-12,21,24,35H,6-9,13-14H2,1H3,(H,39,40)(H2,34,36,37). The van der Waals surface area contributed by atoms with E-state index < -0.39 is 24.3 Å². The molecule has 2 unspecified atom stereocenters. The number of alkyl halides is 3. The van der Waals surface area contributed by atoms with Gasteiger partial charge in [0, 0.05) is 41.3 Å². The first-order valence-corrected chi connectivity index (χ1v) is 13.7. The zero-order valence-electron chi connectivity index (χ0n) is 22.0. The van der Waals surface area contributed by atoms with Crippen molar-refractivity contribution in [3.63, 3.8) is 0 Å². The summed E-state index contributed by atoms with van der Waals surface area (Å²) in [5.74, 6) is -1.08. The number of rotatable bonds is 6. The van der Waals surface area contributed by atoms with Crippen molar-refractivity contribution in [3.8, 4) is 17.0 Å². The van der Waals surface area contributed by atoms with Crippen molar-refractivity contribution < 1.29 is 27.8 Å². The van der Waals surface area contributed by atoms with E-state index in [0.29, 0.717) is 60.9 Å². The maximum atomic E-state index is 14.5. The summed E-state index contributed by atoms with van der Waals surface area (Å²) in [5.41, 5.74) is 7.05. The lowest BCUT2D eigenvalue weighted by atomic mass is 9.76. The fourth-order valence-corrected chi connectivity index (χ4v) is 5.87. The number of aliphatic carboxylic acids is 1. The van der Waals surface area contributed by atoms with Crippen LogP contribution in [0.4, 0.5) is 24.9 Å². The Morgan fingerprint density at radius 3 is 2.54 bits per heavy atom. The fraction of sp³-hybridized carbons (Fsp3) is 0.393. The molecule has 2 aliphatic rings. The van der Waals surface area contributed by atoms with Gasteiger partial charge in [0.2, 0.25) is 17.9 Å². The Morgan fingerprint density at radius 2 is 1.90 bits per heavy atom. The number of anilines is 2. The van der Waals surface area contributed by atoms with E-state index in [0.717, 1.165) is 0 Å². The van der Waals surface area contributed by atoms with Crippen LogP contribution in [0.1, 0.15) is 36.5 Å². The largest absolute Gasteiger partial charge is 0.480 e. The van der Waals surface area contributed by atoms with Gasteiger partial charge in [0.05, 0.1) is 0 Å². The maximum Gasteiger partial charge on any atom is 0.429 e. The van der Waals surface area contributed by atoms with E-state index in [1.807, 2.05) is 4.90 Å². The number of hydrogen-bond acceptors (Lipinski definition) is 7. The Balaban J connectivity index is 1.42. The van der Waals surface area contributed by atoms with Crippen LogP contribution in [-0.2, 0) is 4.79 Å². The van der Waals surface area contributed by atoms with Gasteiger partial charge in [-0.15, -0.1) is 0 Å². The molecule has 2 atom stereocenters. The number of nitrogens with one attached hydrogen (secondary N) is 1. The number of benzene rings is 2. The van der Waals surface area contributed by atoms with Gasteiger partial charge in [-0.25, -0.2) is 0 Å². The first-order valence-electron chi connectivity index (χ1n) is 13.0. The van der Waals surface area contributed by atoms with Crippen LogP contribution in [0.25, 0.3) is 11.1 Å². The molecule has 2 aromatic carbocycles. The number of carboxylic acids is 1. The number of halogens is 5. The van der Waals surface area contributed by atoms with Gasteiger partial charge in [-0.2, -0.15) is 23.1 Å². The molecule has 41 heavy (non-hydrogen) atoms. The number of nitrogen functional groups attached to an aromatic ring is 1. The third-order valence-electron chi connectivity index (χ3n) is 7.82. The molecule has 5 rings (SSSR count). The third kappa shape index (κ3) is 6.32. The average Bonchev–Trinajstić information content (AvgIpc) is 3.32. The van der Waals surface area contributed by atoms with Crippen LogP contribution < -0.4 is 20.7 Å². The molecular weight excluding hydrogens is 582 g/mol. The van der Waals surface area contributed by atoms with Crippen LogP contribution in [0.15, 0.2) is 42.5 Å². The van der Waals surface area contributed by atoms with Crippen molar-refractivity contribution >= 4 is 40.9 Å². The minimum absolute atomic E-state index is 0.149. The van der Waals surface area contributed by atoms with Crippen LogP contribution in [-0.4, -0.2) is 52.9 Å². The number of nitrogens with two attached hydrogens (primary N) is 1. The summed E-state index contributed by atoms with van der Waals surface area (Å²) in [4.78, 5) is 21.5. The Morgan fingerprint density at radius 1 is 1.17 bits per heavy atom. The summed E-state index contributed by atoms with van der Waals surface area (Å²) >= 11 is 12.3. The quantitative estimate of drug-likeness (QED) is 0.309. The first-order chi connectivity index (χ1) is 19.3. The van der Waals surface area contributed by atoms with E-state index in [2.05, 4.69) is 15.3 Å². The monoisotopic (exact) mass is 609 g/mol. The molecule has 3 heterocycles. The number of ether oxygens (including phenoxy) is 1. The van der Waals surface area contributed by atoms with E-state index in [1.165, 1.54) is 24.3 Å². The van der Waals surface area contributed by atoms with Gasteiger partial charge in [-0.1, -0.05) is 35.3 Å². The van der Waals surface area contributed by atoms with E-state index in [9.17, 15) is 23.1 Å². The molecule has 0 amide bonds. The summed E-state index contributed by atoms with van der Waals surface area (Å²) in [6, 6.07) is 9.82. The highest BCUT2D eigenvalue weighted by atomic mass is 35.5. The van der Waals surface area contributed by atoms with E-state index in [4.69, 9.17) is 33.7 Å². The van der Waals surface area contributed by atoms with Gasteiger partial charge in [0.25, 0.3) is 0 Å². The normalized spacial score (nSPS) is 19.4. The van der Waals surface area contributed by atoms with Crippen molar-refractivity contribution in [1.29, 1.82) is 0 Å². The lowest BCUT2D eigenvalue weighted by Crippen LogP contribution is -2.41. The first kappa shape index (κ1) is 29.2. The van der Waals surface area contributed by atoms with Crippen molar-refractivity contribution in [2.24, 2.45) is 5.41 Å². The predicted molar refractivity (Wildman–Crippen MR) is 150 cm³/mol. The van der Waals surface area contributed by atoms with E-state index >= 15 is 0 Å². The van der Waals surface area contributed by atoms with E-state index in [-0.39, 0.29) is 33.4 Å². The molecular formula is C28H28Cl2F3N5O3. The second-order valence-electron chi connectivity index (χ2n) is 10.6. The second-order valence-corrected chi connectivity index (χ2v) is 11.5. The zero-order chi connectivity index (χ0) is 29.5. The fourth-order valence-electron chi connectivity index (χ4n) is 5.58. The van der Waals surface area contributed by atoms with Gasteiger partial charge < -0.3 is 25.8 Å². The molecule has 3 aromatic rings. The number of aryl methyl sites for hydroxylation is 1. The summed E-state index contributed by atoms with van der Waals surface area (Å²) < 4.78 is 49.1. The van der Waals surface area contributed by atoms with Crippen LogP contribution in [0.3, 0.4) is 0 Å². The Hall–Kier alpha value is -3.28. The number of aromatic nitrogens is 2. The van der Waals surface area contributed by atoms with Gasteiger partial charge in [-0.05, 0) is 72.6 Å². The summed E-state index contributed by atoms with van der Waals surface area (Å²) in [7, 11) is 0. The van der Waals surface area contributed by atoms with Crippen molar-refractivity contribution in [2.75, 3.05) is 30.3 Å². The number of carboxylic acid groups (broad SMARTS) is 1. The highest BCUT2D eigenvalue weighted by molar-refractivity contribution is 6.31. The minimum atomic E-state index is -4.81. The third-order valence-corrected chi connectivity index (χ3v) is 8.48. The van der Waals surface area contributed by atoms with Crippen LogP contribution in [0.2, 0.25) is 10.0 Å². The summed E-state index contributed by atoms with van der Waals surface area (Å²) in [6.45, 7) is 3.42. The molecule has 0 radical (unpaired) electrons. The van der Waals surface area contributed by atoms with Crippen LogP contribution in [0.5, 0.6) is 5.88 Å². The van der Waals surface area contributed by atoms with Gasteiger partial charge in [0.1, 0.15) is 11.9 Å². The van der Waals surface area contributed by atoms with E-state index in [1.54, 1.807) is 25.1 Å². The smallest absolute Gasteiger partial charge is 0.429 e. The molecule has 1 aromatic heterocycles. The molecule has 2 aliphatic heterocycles. The predicted octanol–water partition coefficient (Wildman–Crippen LogP) is 6.06. The van der Waals surface area contributed by atoms with Crippen molar-refractivity contribution in [1.82, 2.24) is 15.3 Å². The molecule has 0 saturated carbocycles. The van der Waals surface area contributed by atoms with Crippen molar-refractivity contribution in [2.45, 2.75) is 44.5 Å². The highest BCUT2D eigenvalue weighted by Crippen LogP contribution is 2.43. The lowest BCUT2D eigenvalue weighted by molar-refractivity contribution is -0.198. The van der Waals surface area contributed by atoms with Gasteiger partial charge in [0.15, 0.2) is 0 Å². The Kier molecular flexibility index (Phi) is 7.97. The summed E-state index contributed by atoms with van der Waals surface area (Å²) in [6.07, 6.45) is -5.26. The molecule has 2 saturated heterocycles. The zero-order valence-corrected chi connectivity index (χ0v) is 23.5. The molecule has 4 N–H and O–H groups in total. The molecule has 0 bridgehead atoms. The topological polar surface area (TPSA) is 114 Å². The van der Waals surface area contributed by atoms with Crippen LogP contribution in [0, 0.1) is 12.3 Å². The maximum absolute atomic E-state index is 14.5. The van der Waals surface area contributed by atoms with Gasteiger partial charge >= 0.3 is 12.1 Å². The number of carbonyl (C=O) groups is 1. The SMILES string of the molecule is Cc1cc(-c2cc(Cl)ccc2C(Oc2cc(N3CCC4(CC3)CNC(C(=O)O)C4)nc(N)n2)C(F)(F)F)ccc1Cl. The second kappa shape index (κ2) is 11.2. The van der Waals surface area contributed by atoms with Crippen molar-refractivity contribution in [3.05, 3.63) is 63.6 Å². The Labute approximate surface area is 244 Å². The molecule has 1 spiro atoms. The minimum Gasteiger partial charge on any atom is -0.480 e. The lowest BCUT2D eigenvalue weighted by Gasteiger charge is -2.39. The molecule has 13 heteroatoms. The molecule has 0 aliphatic carbocycles. The number of hydrogen-bond donors (Lipinski definition) is 3. The highest BCUT2D eigenvalue weighted by Gasteiger charge is 2.46. The Bertz CT molecular complexity index is 1460. The van der Waals surface area contributed by atoms with Gasteiger partial charge in [-0.3, -0.25) is 4.79 Å². The average molecular weight is 610 g/mol. The number of nitrogens with zero attached hydrogens (tertiary/aromatic N) is 3. The summed E-state index contributed by atoms with van der Waals surface area (Å²) in [5, 5.41) is 13.2. The van der Waals surface area contributed by atoms with Crippen LogP contribution >= 0.6 is 23.2 Å². The molecule has 2 fully saturated rings. The number of piperidine rings is 1.